The van der Waals surface area contributed by atoms with Crippen molar-refractivity contribution in [3.63, 3.8) is 0 Å². The Balaban J connectivity index is 2.53. The van der Waals surface area contributed by atoms with Crippen LogP contribution in [0.1, 0.15) is 5.56 Å². The van der Waals surface area contributed by atoms with Gasteiger partial charge in [-0.15, -0.1) is 0 Å². The van der Waals surface area contributed by atoms with Gasteiger partial charge in [-0.2, -0.15) is 0 Å². The number of phenolic OH excluding ortho intramolecular Hbond substituents is 2. The summed E-state index contributed by atoms with van der Waals surface area (Å²) in [7, 11) is -4.67. The molecule has 0 radical (unpaired) electrons. The van der Waals surface area contributed by atoms with Crippen LogP contribution in [0.5, 0.6) is 11.5 Å². The molecule has 0 fully saturated rings. The van der Waals surface area contributed by atoms with Crippen LogP contribution in [0.4, 0.5) is 4.79 Å². The maximum Gasteiger partial charge on any atom is 0.469 e. The van der Waals surface area contributed by atoms with Gasteiger partial charge in [0.25, 0.3) is 0 Å². The second-order valence-corrected chi connectivity index (χ2v) is 5.76. The van der Waals surface area contributed by atoms with Crippen molar-refractivity contribution < 1.29 is 48.5 Å². The predicted molar refractivity (Wildman–Crippen MR) is 77.4 cm³/mol. The van der Waals surface area contributed by atoms with Crippen LogP contribution in [0.15, 0.2) is 18.2 Å². The number of carboxylic acids is 1. The standard InChI is InChI=1S/C12H16NO10P/c14-9-2-1-7(6-10(9)15)5-8(11(16)17)13-12(18)22-3-4-23-24(19,20)21/h1-2,6,8,14-15H,3-5H2,(H,13,18)(H,16,17)(H2,19,20,21)/t8-/m0/s1. The fourth-order valence-corrected chi connectivity index (χ4v) is 1.92. The Morgan fingerprint density at radius 3 is 2.38 bits per heavy atom. The number of hydrogen-bond donors (Lipinski definition) is 6. The minimum absolute atomic E-state index is 0.197. The summed E-state index contributed by atoms with van der Waals surface area (Å²) >= 11 is 0. The maximum absolute atomic E-state index is 11.5. The van der Waals surface area contributed by atoms with Crippen molar-refractivity contribution in [3.8, 4) is 11.5 Å². The van der Waals surface area contributed by atoms with Gasteiger partial charge in [-0.3, -0.25) is 4.52 Å². The summed E-state index contributed by atoms with van der Waals surface area (Å²) in [6, 6.07) is 2.29. The van der Waals surface area contributed by atoms with Crippen LogP contribution in [0.25, 0.3) is 0 Å². The zero-order valence-electron chi connectivity index (χ0n) is 12.2. The van der Waals surface area contributed by atoms with Crippen molar-refractivity contribution in [1.82, 2.24) is 5.32 Å². The highest BCUT2D eigenvalue weighted by Crippen LogP contribution is 2.35. The zero-order chi connectivity index (χ0) is 18.3. The highest BCUT2D eigenvalue weighted by molar-refractivity contribution is 7.46. The average Bonchev–Trinajstić information content (AvgIpc) is 2.45. The third-order valence-corrected chi connectivity index (χ3v) is 3.16. The highest BCUT2D eigenvalue weighted by atomic mass is 31.2. The minimum atomic E-state index is -4.67. The molecule has 6 N–H and O–H groups in total. The topological polar surface area (TPSA) is 183 Å². The lowest BCUT2D eigenvalue weighted by molar-refractivity contribution is -0.139. The van der Waals surface area contributed by atoms with Crippen LogP contribution in [0.3, 0.4) is 0 Å². The molecule has 1 aromatic rings. The van der Waals surface area contributed by atoms with Crippen LogP contribution in [-0.4, -0.2) is 56.4 Å². The Morgan fingerprint density at radius 2 is 1.83 bits per heavy atom. The number of phenols is 2. The number of carbonyl (C=O) groups excluding carboxylic acids is 1. The van der Waals surface area contributed by atoms with Crippen molar-refractivity contribution in [2.75, 3.05) is 13.2 Å². The van der Waals surface area contributed by atoms with Crippen LogP contribution in [0.2, 0.25) is 0 Å². The molecule has 0 aliphatic carbocycles. The molecule has 0 aromatic heterocycles. The second kappa shape index (κ2) is 8.50. The number of rotatable bonds is 8. The molecule has 0 bridgehead atoms. The molecular weight excluding hydrogens is 349 g/mol. The number of carboxylic acid groups (broad SMARTS) is 1. The number of carbonyl (C=O) groups is 2. The van der Waals surface area contributed by atoms with Crippen LogP contribution < -0.4 is 5.32 Å². The number of phosphoric acid groups is 1. The minimum Gasteiger partial charge on any atom is -0.504 e. The Bertz CT molecular complexity index is 643. The van der Waals surface area contributed by atoms with Crippen LogP contribution in [0, 0.1) is 0 Å². The first-order chi connectivity index (χ1) is 11.1. The van der Waals surface area contributed by atoms with E-state index < -0.39 is 44.9 Å². The lowest BCUT2D eigenvalue weighted by atomic mass is 10.1. The van der Waals surface area contributed by atoms with Gasteiger partial charge < -0.3 is 35.2 Å². The molecule has 12 heteroatoms. The first-order valence-electron chi connectivity index (χ1n) is 6.45. The van der Waals surface area contributed by atoms with Gasteiger partial charge in [0.1, 0.15) is 12.6 Å². The average molecular weight is 365 g/mol. The number of amides is 1. The summed E-state index contributed by atoms with van der Waals surface area (Å²) in [5, 5.41) is 29.7. The predicted octanol–water partition coefficient (Wildman–Crippen LogP) is -0.0710. The Hall–Kier alpha value is -2.33. The summed E-state index contributed by atoms with van der Waals surface area (Å²) in [4.78, 5) is 39.4. The third-order valence-electron chi connectivity index (χ3n) is 2.65. The van der Waals surface area contributed by atoms with Gasteiger partial charge in [0.15, 0.2) is 11.5 Å². The van der Waals surface area contributed by atoms with Gasteiger partial charge >= 0.3 is 19.9 Å². The number of alkyl carbamates (subject to hydrolysis) is 1. The smallest absolute Gasteiger partial charge is 0.469 e. The highest BCUT2D eigenvalue weighted by Gasteiger charge is 2.22. The van der Waals surface area contributed by atoms with Crippen LogP contribution in [-0.2, 0) is 25.0 Å². The van der Waals surface area contributed by atoms with E-state index in [1.165, 1.54) is 12.1 Å². The molecule has 1 amide bonds. The fraction of sp³-hybridized carbons (Fsp3) is 0.333. The van der Waals surface area contributed by atoms with Gasteiger partial charge in [0.2, 0.25) is 0 Å². The number of hydrogen-bond acceptors (Lipinski definition) is 7. The first kappa shape index (κ1) is 19.7. The van der Waals surface area contributed by atoms with E-state index in [9.17, 15) is 24.4 Å². The van der Waals surface area contributed by atoms with Crippen molar-refractivity contribution >= 4 is 19.9 Å². The Morgan fingerprint density at radius 1 is 1.17 bits per heavy atom. The lowest BCUT2D eigenvalue weighted by Crippen LogP contribution is -2.42. The molecule has 0 aliphatic rings. The molecule has 24 heavy (non-hydrogen) atoms. The summed E-state index contributed by atoms with van der Waals surface area (Å²) in [6.07, 6.45) is -1.32. The van der Waals surface area contributed by atoms with E-state index in [-0.39, 0.29) is 12.2 Å². The number of phosphoric ester groups is 1. The van der Waals surface area contributed by atoms with Gasteiger partial charge in [-0.05, 0) is 17.7 Å². The molecule has 1 aromatic carbocycles. The quantitative estimate of drug-likeness (QED) is 0.207. The Labute approximate surface area is 135 Å². The number of nitrogens with one attached hydrogen (secondary N) is 1. The summed E-state index contributed by atoms with van der Waals surface area (Å²) in [5.41, 5.74) is 0.336. The monoisotopic (exact) mass is 365 g/mol. The van der Waals surface area contributed by atoms with Crippen molar-refractivity contribution in [2.45, 2.75) is 12.5 Å². The molecule has 0 heterocycles. The summed E-state index contributed by atoms with van der Waals surface area (Å²) in [6.45, 7) is -1.06. The number of aliphatic carboxylic acids is 1. The molecule has 11 nitrogen and oxygen atoms in total. The fourth-order valence-electron chi connectivity index (χ4n) is 1.61. The largest absolute Gasteiger partial charge is 0.504 e. The molecule has 1 rings (SSSR count). The third kappa shape index (κ3) is 7.29. The molecule has 0 aliphatic heterocycles. The zero-order valence-corrected chi connectivity index (χ0v) is 13.0. The Kier molecular flexibility index (Phi) is 6.98. The second-order valence-electron chi connectivity index (χ2n) is 4.52. The molecule has 0 saturated heterocycles. The maximum atomic E-state index is 11.5. The molecule has 0 spiro atoms. The van der Waals surface area contributed by atoms with E-state index in [1.807, 2.05) is 5.32 Å². The number of benzene rings is 1. The molecule has 0 saturated carbocycles. The van der Waals surface area contributed by atoms with Gasteiger partial charge in [-0.25, -0.2) is 14.2 Å². The summed E-state index contributed by atoms with van der Waals surface area (Å²) < 4.78 is 19.0. The number of aromatic hydroxyl groups is 2. The van der Waals surface area contributed by atoms with E-state index >= 15 is 0 Å². The lowest BCUT2D eigenvalue weighted by Gasteiger charge is -2.15. The van der Waals surface area contributed by atoms with Crippen molar-refractivity contribution in [2.24, 2.45) is 0 Å². The molecule has 1 atom stereocenters. The molecular formula is C12H16NO10P. The molecule has 134 valence electrons. The first-order valence-corrected chi connectivity index (χ1v) is 7.98. The van der Waals surface area contributed by atoms with Crippen molar-refractivity contribution in [1.29, 1.82) is 0 Å². The van der Waals surface area contributed by atoms with Gasteiger partial charge in [-0.1, -0.05) is 6.07 Å². The van der Waals surface area contributed by atoms with E-state index in [4.69, 9.17) is 14.9 Å². The van der Waals surface area contributed by atoms with E-state index in [2.05, 4.69) is 9.26 Å². The SMILES string of the molecule is O=C(N[C@@H](Cc1ccc(O)c(O)c1)C(=O)O)OCCOP(=O)(O)O. The van der Waals surface area contributed by atoms with E-state index in [0.717, 1.165) is 6.07 Å². The van der Waals surface area contributed by atoms with E-state index in [1.54, 1.807) is 0 Å². The number of ether oxygens (including phenoxy) is 1. The van der Waals surface area contributed by atoms with E-state index in [0.29, 0.717) is 5.56 Å². The molecule has 0 unspecified atom stereocenters. The van der Waals surface area contributed by atoms with Gasteiger partial charge in [0, 0.05) is 6.42 Å². The van der Waals surface area contributed by atoms with Gasteiger partial charge in [0.05, 0.1) is 6.61 Å². The summed E-state index contributed by atoms with van der Waals surface area (Å²) in [5.74, 6) is -2.18. The normalized spacial score (nSPS) is 12.4. The van der Waals surface area contributed by atoms with Crippen molar-refractivity contribution in [3.05, 3.63) is 23.8 Å². The van der Waals surface area contributed by atoms with Crippen LogP contribution >= 0.6 is 7.82 Å².